The first kappa shape index (κ1) is 14.6. The van der Waals surface area contributed by atoms with E-state index in [0.717, 1.165) is 12.8 Å². The maximum absolute atomic E-state index is 13.7. The van der Waals surface area contributed by atoms with Crippen LogP contribution in [-0.2, 0) is 6.54 Å². The summed E-state index contributed by atoms with van der Waals surface area (Å²) in [7, 11) is 0. The molecule has 1 aliphatic carbocycles. The van der Waals surface area contributed by atoms with Crippen molar-refractivity contribution in [2.45, 2.75) is 25.3 Å². The van der Waals surface area contributed by atoms with Crippen LogP contribution in [0, 0.1) is 5.82 Å². The molecule has 7 heteroatoms. The van der Waals surface area contributed by atoms with Crippen LogP contribution in [-0.4, -0.2) is 20.6 Å². The van der Waals surface area contributed by atoms with Gasteiger partial charge in [0.25, 0.3) is 5.91 Å². The van der Waals surface area contributed by atoms with Crippen LogP contribution in [0.4, 0.5) is 10.1 Å². The number of carbonyl (C=O) groups is 1. The third kappa shape index (κ3) is 2.92. The number of anilines is 1. The molecule has 0 atom stereocenters. The quantitative estimate of drug-likeness (QED) is 0.781. The molecule has 0 aliphatic heterocycles. The second kappa shape index (κ2) is 5.92. The molecule has 3 aromatic rings. The van der Waals surface area contributed by atoms with E-state index in [4.69, 9.17) is 4.52 Å². The maximum atomic E-state index is 13.7. The average Bonchev–Trinajstić information content (AvgIpc) is 3.14. The third-order valence-electron chi connectivity index (χ3n) is 3.91. The first-order chi connectivity index (χ1) is 11.7. The van der Waals surface area contributed by atoms with E-state index in [9.17, 15) is 9.18 Å². The van der Waals surface area contributed by atoms with Gasteiger partial charge in [0.1, 0.15) is 11.5 Å². The van der Waals surface area contributed by atoms with Crippen molar-refractivity contribution in [3.05, 3.63) is 65.8 Å². The fraction of sp³-hybridized carbons (Fsp3) is 0.235. The molecule has 0 radical (unpaired) electrons. The van der Waals surface area contributed by atoms with Gasteiger partial charge in [0.15, 0.2) is 5.82 Å². The summed E-state index contributed by atoms with van der Waals surface area (Å²) in [5, 5.41) is 6.53. The van der Waals surface area contributed by atoms with E-state index in [0.29, 0.717) is 29.9 Å². The summed E-state index contributed by atoms with van der Waals surface area (Å²) in [6.07, 6.45) is 3.92. The Hall–Kier alpha value is -2.96. The highest BCUT2D eigenvalue weighted by molar-refractivity contribution is 6.03. The Morgan fingerprint density at radius 3 is 2.92 bits per heavy atom. The molecule has 0 spiro atoms. The van der Waals surface area contributed by atoms with Gasteiger partial charge in [0, 0.05) is 12.1 Å². The van der Waals surface area contributed by atoms with Gasteiger partial charge in [0.05, 0.1) is 12.2 Å². The van der Waals surface area contributed by atoms with Crippen LogP contribution in [0.5, 0.6) is 0 Å². The zero-order valence-electron chi connectivity index (χ0n) is 12.8. The number of para-hydroxylation sites is 1. The number of rotatable bonds is 5. The van der Waals surface area contributed by atoms with Crippen molar-refractivity contribution in [3.8, 4) is 0 Å². The number of aromatic nitrogens is 3. The highest BCUT2D eigenvalue weighted by Gasteiger charge is 2.29. The normalized spacial score (nSPS) is 13.9. The Balaban J connectivity index is 1.51. The van der Waals surface area contributed by atoms with Crippen LogP contribution in [0.1, 0.15) is 41.0 Å². The Morgan fingerprint density at radius 2 is 2.12 bits per heavy atom. The first-order valence-electron chi connectivity index (χ1n) is 7.74. The summed E-state index contributed by atoms with van der Waals surface area (Å²) in [5.41, 5.74) is 0.543. The predicted octanol–water partition coefficient (Wildman–Crippen LogP) is 3.19. The third-order valence-corrected chi connectivity index (χ3v) is 3.91. The minimum absolute atomic E-state index is 0.144. The molecular formula is C17H15FN4O2. The largest absolute Gasteiger partial charge is 0.339 e. The predicted molar refractivity (Wildman–Crippen MR) is 84.2 cm³/mol. The first-order valence-corrected chi connectivity index (χ1v) is 7.74. The van der Waals surface area contributed by atoms with Gasteiger partial charge in [-0.1, -0.05) is 17.3 Å². The molecule has 1 fully saturated rings. The molecule has 0 unspecified atom stereocenters. The number of hydrogen-bond donors (Lipinski definition) is 1. The lowest BCUT2D eigenvalue weighted by molar-refractivity contribution is 0.101. The molecule has 0 saturated heterocycles. The van der Waals surface area contributed by atoms with Gasteiger partial charge < -0.3 is 14.4 Å². The van der Waals surface area contributed by atoms with Gasteiger partial charge >= 0.3 is 0 Å². The minimum Gasteiger partial charge on any atom is -0.339 e. The fourth-order valence-corrected chi connectivity index (χ4v) is 2.49. The minimum atomic E-state index is -0.476. The highest BCUT2D eigenvalue weighted by Crippen LogP contribution is 2.38. The van der Waals surface area contributed by atoms with E-state index in [2.05, 4.69) is 15.5 Å². The fourth-order valence-electron chi connectivity index (χ4n) is 2.49. The van der Waals surface area contributed by atoms with Crippen LogP contribution in [0.25, 0.3) is 0 Å². The molecule has 0 bridgehead atoms. The Bertz CT molecular complexity index is 882. The van der Waals surface area contributed by atoms with E-state index >= 15 is 0 Å². The van der Waals surface area contributed by atoms with Crippen LogP contribution < -0.4 is 5.32 Å². The SMILES string of the molecule is O=C(Nc1ccccc1F)c1cccn1Cc1noc(C2CC2)n1. The number of halogens is 1. The number of amides is 1. The highest BCUT2D eigenvalue weighted by atomic mass is 19.1. The van der Waals surface area contributed by atoms with Crippen molar-refractivity contribution >= 4 is 11.6 Å². The molecule has 122 valence electrons. The van der Waals surface area contributed by atoms with E-state index in [1.54, 1.807) is 35.0 Å². The second-order valence-corrected chi connectivity index (χ2v) is 5.78. The van der Waals surface area contributed by atoms with Crippen molar-refractivity contribution in [2.24, 2.45) is 0 Å². The Labute approximate surface area is 137 Å². The molecule has 1 aliphatic rings. The molecular weight excluding hydrogens is 311 g/mol. The smallest absolute Gasteiger partial charge is 0.272 e. The lowest BCUT2D eigenvalue weighted by atomic mass is 10.3. The number of nitrogens with zero attached hydrogens (tertiary/aromatic N) is 3. The summed E-state index contributed by atoms with van der Waals surface area (Å²) in [5.74, 6) is 0.703. The molecule has 24 heavy (non-hydrogen) atoms. The topological polar surface area (TPSA) is 73.0 Å². The van der Waals surface area contributed by atoms with Gasteiger partial charge in [-0.25, -0.2) is 4.39 Å². The number of benzene rings is 1. The summed E-state index contributed by atoms with van der Waals surface area (Å²) < 4.78 is 20.6. The van der Waals surface area contributed by atoms with Crippen LogP contribution in [0.15, 0.2) is 47.1 Å². The maximum Gasteiger partial charge on any atom is 0.272 e. The molecule has 1 amide bonds. The summed E-state index contributed by atoms with van der Waals surface area (Å²) in [4.78, 5) is 16.8. The molecule has 2 heterocycles. The van der Waals surface area contributed by atoms with Gasteiger partial charge in [-0.15, -0.1) is 0 Å². The van der Waals surface area contributed by atoms with Crippen LogP contribution >= 0.6 is 0 Å². The van der Waals surface area contributed by atoms with Gasteiger partial charge in [-0.2, -0.15) is 4.98 Å². The van der Waals surface area contributed by atoms with E-state index in [1.165, 1.54) is 12.1 Å². The van der Waals surface area contributed by atoms with Crippen LogP contribution in [0.3, 0.4) is 0 Å². The molecule has 1 N–H and O–H groups in total. The van der Waals surface area contributed by atoms with Crippen molar-refractivity contribution in [1.82, 2.24) is 14.7 Å². The summed E-state index contributed by atoms with van der Waals surface area (Å²) in [6, 6.07) is 9.46. The van der Waals surface area contributed by atoms with Crippen LogP contribution in [0.2, 0.25) is 0 Å². The van der Waals surface area contributed by atoms with Crippen molar-refractivity contribution in [2.75, 3.05) is 5.32 Å². The van der Waals surface area contributed by atoms with Gasteiger partial charge in [-0.05, 0) is 37.1 Å². The van der Waals surface area contributed by atoms with E-state index < -0.39 is 11.7 Å². The number of carbonyl (C=O) groups excluding carboxylic acids is 1. The lowest BCUT2D eigenvalue weighted by Crippen LogP contribution is -2.18. The summed E-state index contributed by atoms with van der Waals surface area (Å²) >= 11 is 0. The van der Waals surface area contributed by atoms with Gasteiger partial charge in [0.2, 0.25) is 5.89 Å². The zero-order valence-corrected chi connectivity index (χ0v) is 12.8. The molecule has 1 aromatic carbocycles. The molecule has 4 rings (SSSR count). The van der Waals surface area contributed by atoms with E-state index in [1.807, 2.05) is 0 Å². The summed E-state index contributed by atoms with van der Waals surface area (Å²) in [6.45, 7) is 0.323. The van der Waals surface area contributed by atoms with Crippen molar-refractivity contribution < 1.29 is 13.7 Å². The number of hydrogen-bond acceptors (Lipinski definition) is 4. The number of nitrogens with one attached hydrogen (secondary N) is 1. The monoisotopic (exact) mass is 326 g/mol. The second-order valence-electron chi connectivity index (χ2n) is 5.78. The zero-order chi connectivity index (χ0) is 16.5. The molecule has 6 nitrogen and oxygen atoms in total. The Morgan fingerprint density at radius 1 is 1.29 bits per heavy atom. The molecule has 2 aromatic heterocycles. The van der Waals surface area contributed by atoms with E-state index in [-0.39, 0.29) is 5.69 Å². The lowest BCUT2D eigenvalue weighted by Gasteiger charge is -2.08. The Kier molecular flexibility index (Phi) is 3.60. The average molecular weight is 326 g/mol. The van der Waals surface area contributed by atoms with Crippen molar-refractivity contribution in [3.63, 3.8) is 0 Å². The standard InChI is InChI=1S/C17H15FN4O2/c18-12-4-1-2-5-13(12)19-16(23)14-6-3-9-22(14)10-15-20-17(24-21-15)11-7-8-11/h1-6,9,11H,7-8,10H2,(H,19,23). The molecule has 1 saturated carbocycles. The van der Waals surface area contributed by atoms with Crippen molar-refractivity contribution in [1.29, 1.82) is 0 Å². The van der Waals surface area contributed by atoms with Gasteiger partial charge in [-0.3, -0.25) is 4.79 Å².